The Balaban J connectivity index is 0.000000222. The zero-order valence-corrected chi connectivity index (χ0v) is 20.4. The Morgan fingerprint density at radius 2 is 0.581 bits per heavy atom. The average Bonchev–Trinajstić information content (AvgIpc) is 2.81. The predicted molar refractivity (Wildman–Crippen MR) is 142 cm³/mol. The van der Waals surface area contributed by atoms with Crippen molar-refractivity contribution in [3.63, 3.8) is 0 Å². The first-order valence-corrected chi connectivity index (χ1v) is 13.2. The standard InChI is InChI=1S/C17H36.C14H10/c1-3-5-7-9-11-13-15-17-16-14-12-10-8-6-4-2;1-2-6-12-10-14-8-4-3-7-13(14)9-11(12)5-1/h3-17H2,1-2H3;1-10H. The maximum absolute atomic E-state index is 2.29. The van der Waals surface area contributed by atoms with Crippen LogP contribution in [0.15, 0.2) is 60.7 Å². The molecule has 0 aliphatic carbocycles. The van der Waals surface area contributed by atoms with Gasteiger partial charge in [-0.05, 0) is 33.7 Å². The molecule has 3 aromatic rings. The summed E-state index contributed by atoms with van der Waals surface area (Å²) in [7, 11) is 0. The highest BCUT2D eigenvalue weighted by molar-refractivity contribution is 5.98. The van der Waals surface area contributed by atoms with Gasteiger partial charge in [-0.2, -0.15) is 0 Å². The quantitative estimate of drug-likeness (QED) is 0.180. The Kier molecular flexibility index (Phi) is 13.8. The highest BCUT2D eigenvalue weighted by Gasteiger charge is 1.95. The summed E-state index contributed by atoms with van der Waals surface area (Å²) >= 11 is 0. The van der Waals surface area contributed by atoms with Gasteiger partial charge in [-0.15, -0.1) is 0 Å². The molecule has 0 bridgehead atoms. The molecular formula is C31H46. The SMILES string of the molecule is CCCCCCCCCCCCCCCCC.c1ccc2cc3ccccc3cc2c1. The Morgan fingerprint density at radius 3 is 0.806 bits per heavy atom. The van der Waals surface area contributed by atoms with Crippen molar-refractivity contribution in [2.75, 3.05) is 0 Å². The third-order valence-electron chi connectivity index (χ3n) is 6.32. The summed E-state index contributed by atoms with van der Waals surface area (Å²) in [5.41, 5.74) is 0. The second kappa shape index (κ2) is 16.8. The normalized spacial score (nSPS) is 10.9. The molecule has 0 aliphatic heterocycles. The van der Waals surface area contributed by atoms with Gasteiger partial charge >= 0.3 is 0 Å². The Morgan fingerprint density at radius 1 is 0.355 bits per heavy atom. The number of rotatable bonds is 14. The number of benzene rings is 3. The molecular weight excluding hydrogens is 372 g/mol. The van der Waals surface area contributed by atoms with E-state index in [0.717, 1.165) is 0 Å². The van der Waals surface area contributed by atoms with E-state index >= 15 is 0 Å². The van der Waals surface area contributed by atoms with Crippen molar-refractivity contribution in [3.05, 3.63) is 60.7 Å². The summed E-state index contributed by atoms with van der Waals surface area (Å²) in [5.74, 6) is 0. The Labute approximate surface area is 192 Å². The van der Waals surface area contributed by atoms with Crippen molar-refractivity contribution in [3.8, 4) is 0 Å². The molecule has 3 rings (SSSR count). The fourth-order valence-corrected chi connectivity index (χ4v) is 4.33. The lowest BCUT2D eigenvalue weighted by molar-refractivity contribution is 0.534. The molecule has 0 radical (unpaired) electrons. The second-order valence-corrected chi connectivity index (χ2v) is 9.14. The zero-order chi connectivity index (χ0) is 22.0. The van der Waals surface area contributed by atoms with E-state index in [-0.39, 0.29) is 0 Å². The van der Waals surface area contributed by atoms with Crippen LogP contribution >= 0.6 is 0 Å². The molecule has 0 amide bonds. The van der Waals surface area contributed by atoms with Gasteiger partial charge in [0.05, 0.1) is 0 Å². The van der Waals surface area contributed by atoms with Crippen LogP contribution in [0.1, 0.15) is 110 Å². The van der Waals surface area contributed by atoms with Crippen LogP contribution in [0.25, 0.3) is 21.5 Å². The van der Waals surface area contributed by atoms with Gasteiger partial charge in [-0.25, -0.2) is 0 Å². The zero-order valence-electron chi connectivity index (χ0n) is 20.4. The van der Waals surface area contributed by atoms with Crippen molar-refractivity contribution >= 4 is 21.5 Å². The third kappa shape index (κ3) is 10.9. The summed E-state index contributed by atoms with van der Waals surface area (Å²) in [6, 6.07) is 21.4. The van der Waals surface area contributed by atoms with E-state index in [4.69, 9.17) is 0 Å². The Bertz CT molecular complexity index is 697. The van der Waals surface area contributed by atoms with E-state index in [1.54, 1.807) is 0 Å². The molecule has 0 aliphatic rings. The number of hydrogen-bond donors (Lipinski definition) is 0. The predicted octanol–water partition coefficient (Wildman–Crippen LogP) is 10.9. The largest absolute Gasteiger partial charge is 0.0654 e. The third-order valence-corrected chi connectivity index (χ3v) is 6.32. The first-order chi connectivity index (χ1) is 15.3. The smallest absolute Gasteiger partial charge is 0.0178 e. The molecule has 0 unspecified atom stereocenters. The minimum atomic E-state index is 1.31. The summed E-state index contributed by atoms with van der Waals surface area (Å²) in [5, 5.41) is 5.25. The highest BCUT2D eigenvalue weighted by atomic mass is 14.0. The van der Waals surface area contributed by atoms with Crippen LogP contribution in [0.3, 0.4) is 0 Å². The van der Waals surface area contributed by atoms with Crippen molar-refractivity contribution < 1.29 is 0 Å². The molecule has 31 heavy (non-hydrogen) atoms. The van der Waals surface area contributed by atoms with Crippen LogP contribution in [-0.2, 0) is 0 Å². The van der Waals surface area contributed by atoms with Crippen LogP contribution in [0, 0.1) is 0 Å². The van der Waals surface area contributed by atoms with E-state index < -0.39 is 0 Å². The van der Waals surface area contributed by atoms with Gasteiger partial charge in [0.2, 0.25) is 0 Å². The van der Waals surface area contributed by atoms with Gasteiger partial charge in [-0.3, -0.25) is 0 Å². The van der Waals surface area contributed by atoms with E-state index in [1.807, 2.05) is 0 Å². The van der Waals surface area contributed by atoms with Crippen LogP contribution < -0.4 is 0 Å². The van der Waals surface area contributed by atoms with E-state index in [0.29, 0.717) is 0 Å². The summed E-state index contributed by atoms with van der Waals surface area (Å²) in [4.78, 5) is 0. The van der Waals surface area contributed by atoms with Crippen LogP contribution in [-0.4, -0.2) is 0 Å². The maximum atomic E-state index is 2.29. The van der Waals surface area contributed by atoms with Gasteiger partial charge < -0.3 is 0 Å². The highest BCUT2D eigenvalue weighted by Crippen LogP contribution is 2.22. The van der Waals surface area contributed by atoms with Crippen molar-refractivity contribution in [1.82, 2.24) is 0 Å². The number of fused-ring (bicyclic) bond motifs is 2. The molecule has 0 fully saturated rings. The van der Waals surface area contributed by atoms with Crippen LogP contribution in [0.4, 0.5) is 0 Å². The molecule has 0 aromatic heterocycles. The molecule has 0 heterocycles. The molecule has 170 valence electrons. The van der Waals surface area contributed by atoms with Gasteiger partial charge in [0.1, 0.15) is 0 Å². The van der Waals surface area contributed by atoms with Crippen LogP contribution in [0.5, 0.6) is 0 Å². The molecule has 0 saturated carbocycles. The molecule has 0 N–H and O–H groups in total. The minimum absolute atomic E-state index is 1.31. The fraction of sp³-hybridized carbons (Fsp3) is 0.548. The monoisotopic (exact) mass is 418 g/mol. The number of unbranched alkanes of at least 4 members (excludes halogenated alkanes) is 14. The molecule has 0 heteroatoms. The van der Waals surface area contributed by atoms with Gasteiger partial charge in [0.25, 0.3) is 0 Å². The Hall–Kier alpha value is -1.82. The number of hydrogen-bond acceptors (Lipinski definition) is 0. The fourth-order valence-electron chi connectivity index (χ4n) is 4.33. The summed E-state index contributed by atoms with van der Waals surface area (Å²) in [6.07, 6.45) is 21.9. The molecule has 0 atom stereocenters. The van der Waals surface area contributed by atoms with E-state index in [1.165, 1.54) is 118 Å². The lowest BCUT2D eigenvalue weighted by Gasteiger charge is -2.02. The molecule has 0 nitrogen and oxygen atoms in total. The molecule has 0 spiro atoms. The summed E-state index contributed by atoms with van der Waals surface area (Å²) < 4.78 is 0. The first-order valence-electron chi connectivity index (χ1n) is 13.2. The molecule has 3 aromatic carbocycles. The summed E-state index contributed by atoms with van der Waals surface area (Å²) in [6.45, 7) is 4.58. The van der Waals surface area contributed by atoms with Crippen molar-refractivity contribution in [1.29, 1.82) is 0 Å². The van der Waals surface area contributed by atoms with E-state index in [2.05, 4.69) is 74.5 Å². The van der Waals surface area contributed by atoms with E-state index in [9.17, 15) is 0 Å². The second-order valence-electron chi connectivity index (χ2n) is 9.14. The topological polar surface area (TPSA) is 0 Å². The van der Waals surface area contributed by atoms with Crippen molar-refractivity contribution in [2.45, 2.75) is 110 Å². The maximum Gasteiger partial charge on any atom is -0.0178 e. The van der Waals surface area contributed by atoms with Crippen LogP contribution in [0.2, 0.25) is 0 Å². The van der Waals surface area contributed by atoms with Gasteiger partial charge in [0, 0.05) is 0 Å². The average molecular weight is 419 g/mol. The lowest BCUT2D eigenvalue weighted by atomic mass is 10.0. The first kappa shape index (κ1) is 25.4. The van der Waals surface area contributed by atoms with Crippen molar-refractivity contribution in [2.24, 2.45) is 0 Å². The molecule has 0 saturated heterocycles. The van der Waals surface area contributed by atoms with Gasteiger partial charge in [-0.1, -0.05) is 159 Å². The minimum Gasteiger partial charge on any atom is -0.0654 e. The lowest BCUT2D eigenvalue weighted by Crippen LogP contribution is -1.82. The van der Waals surface area contributed by atoms with Gasteiger partial charge in [0.15, 0.2) is 0 Å².